The Morgan fingerprint density at radius 3 is 2.74 bits per heavy atom. The Morgan fingerprint density at radius 1 is 1.11 bits per heavy atom. The maximum absolute atomic E-state index is 5.74. The van der Waals surface area contributed by atoms with Gasteiger partial charge in [-0.15, -0.1) is 11.3 Å². The Morgan fingerprint density at radius 2 is 1.95 bits per heavy atom. The third-order valence-electron chi connectivity index (χ3n) is 2.62. The van der Waals surface area contributed by atoms with E-state index in [0.29, 0.717) is 0 Å². The molecule has 0 fully saturated rings. The number of nitrogens with zero attached hydrogens (tertiary/aromatic N) is 2. The van der Waals surface area contributed by atoms with Crippen molar-refractivity contribution in [2.75, 3.05) is 11.1 Å². The summed E-state index contributed by atoms with van der Waals surface area (Å²) in [6.07, 6.45) is 3.53. The van der Waals surface area contributed by atoms with Crippen molar-refractivity contribution >= 4 is 27.8 Å². The third kappa shape index (κ3) is 2.71. The molecule has 0 aliphatic heterocycles. The van der Waals surface area contributed by atoms with Gasteiger partial charge in [0.2, 0.25) is 0 Å². The van der Waals surface area contributed by atoms with Gasteiger partial charge in [-0.05, 0) is 30.3 Å². The number of hydrogen-bond acceptors (Lipinski definition) is 5. The van der Waals surface area contributed by atoms with Gasteiger partial charge in [0, 0.05) is 34.7 Å². The van der Waals surface area contributed by atoms with Crippen molar-refractivity contribution in [1.29, 1.82) is 0 Å². The Balaban J connectivity index is 1.82. The van der Waals surface area contributed by atoms with Crippen LogP contribution in [0.25, 0.3) is 11.3 Å². The summed E-state index contributed by atoms with van der Waals surface area (Å²) in [5.41, 5.74) is 9.42. The molecule has 3 aromatic rings. The van der Waals surface area contributed by atoms with Crippen LogP contribution in [-0.4, -0.2) is 9.97 Å². The average molecular weight is 268 g/mol. The lowest BCUT2D eigenvalue weighted by atomic mass is 10.2. The van der Waals surface area contributed by atoms with E-state index in [-0.39, 0.29) is 0 Å². The van der Waals surface area contributed by atoms with Crippen LogP contribution in [0.1, 0.15) is 0 Å². The van der Waals surface area contributed by atoms with E-state index in [4.69, 9.17) is 5.73 Å². The number of rotatable bonds is 3. The second kappa shape index (κ2) is 5.07. The molecule has 19 heavy (non-hydrogen) atoms. The zero-order chi connectivity index (χ0) is 13.1. The van der Waals surface area contributed by atoms with Crippen molar-refractivity contribution in [3.8, 4) is 11.3 Å². The van der Waals surface area contributed by atoms with Crippen LogP contribution in [0.15, 0.2) is 54.2 Å². The second-order valence-corrected chi connectivity index (χ2v) is 4.88. The molecule has 3 rings (SSSR count). The molecule has 5 heteroatoms. The van der Waals surface area contributed by atoms with E-state index in [1.165, 1.54) is 0 Å². The van der Waals surface area contributed by atoms with Gasteiger partial charge in [-0.2, -0.15) is 0 Å². The predicted molar refractivity (Wildman–Crippen MR) is 79.5 cm³/mol. The topological polar surface area (TPSA) is 63.8 Å². The summed E-state index contributed by atoms with van der Waals surface area (Å²) in [5, 5.41) is 6.11. The predicted octanol–water partition coefficient (Wildman–Crippen LogP) is 3.53. The molecule has 4 nitrogen and oxygen atoms in total. The molecule has 2 heterocycles. The van der Waals surface area contributed by atoms with Crippen molar-refractivity contribution in [2.45, 2.75) is 0 Å². The molecule has 0 aliphatic carbocycles. The summed E-state index contributed by atoms with van der Waals surface area (Å²) in [4.78, 5) is 8.55. The number of anilines is 3. The summed E-state index contributed by atoms with van der Waals surface area (Å²) in [5.74, 6) is 0. The average Bonchev–Trinajstić information content (AvgIpc) is 2.88. The minimum atomic E-state index is 0.732. The number of nitrogen functional groups attached to an aromatic ring is 1. The van der Waals surface area contributed by atoms with Gasteiger partial charge in [-0.25, -0.2) is 4.98 Å². The van der Waals surface area contributed by atoms with E-state index < -0.39 is 0 Å². The van der Waals surface area contributed by atoms with E-state index in [2.05, 4.69) is 15.3 Å². The van der Waals surface area contributed by atoms with Crippen LogP contribution in [0.3, 0.4) is 0 Å². The van der Waals surface area contributed by atoms with E-state index in [9.17, 15) is 0 Å². The maximum Gasteiger partial charge on any atom is 0.187 e. The van der Waals surface area contributed by atoms with Crippen LogP contribution < -0.4 is 11.1 Å². The first-order valence-corrected chi connectivity index (χ1v) is 6.68. The highest BCUT2D eigenvalue weighted by molar-refractivity contribution is 7.14. The monoisotopic (exact) mass is 268 g/mol. The largest absolute Gasteiger partial charge is 0.399 e. The first-order chi connectivity index (χ1) is 9.31. The molecule has 0 saturated heterocycles. The highest BCUT2D eigenvalue weighted by Crippen LogP contribution is 2.27. The molecule has 3 N–H and O–H groups in total. The first-order valence-electron chi connectivity index (χ1n) is 5.80. The highest BCUT2D eigenvalue weighted by atomic mass is 32.1. The molecule has 0 saturated carbocycles. The molecule has 0 unspecified atom stereocenters. The van der Waals surface area contributed by atoms with Gasteiger partial charge >= 0.3 is 0 Å². The van der Waals surface area contributed by atoms with Crippen LogP contribution >= 0.6 is 11.3 Å². The quantitative estimate of drug-likeness (QED) is 0.713. The fraction of sp³-hybridized carbons (Fsp3) is 0. The van der Waals surface area contributed by atoms with E-state index in [0.717, 1.165) is 27.8 Å². The smallest absolute Gasteiger partial charge is 0.187 e. The lowest BCUT2D eigenvalue weighted by molar-refractivity contribution is 1.31. The van der Waals surface area contributed by atoms with Crippen LogP contribution in [-0.2, 0) is 0 Å². The SMILES string of the molecule is Nc1cccc(Nc2nc(-c3ccncc3)cs2)c1. The highest BCUT2D eigenvalue weighted by Gasteiger charge is 2.04. The van der Waals surface area contributed by atoms with Crippen molar-refractivity contribution in [3.63, 3.8) is 0 Å². The summed E-state index contributed by atoms with van der Waals surface area (Å²) in [6.45, 7) is 0. The van der Waals surface area contributed by atoms with Crippen LogP contribution in [0.4, 0.5) is 16.5 Å². The van der Waals surface area contributed by atoms with Crippen LogP contribution in [0.2, 0.25) is 0 Å². The fourth-order valence-electron chi connectivity index (χ4n) is 1.73. The third-order valence-corrected chi connectivity index (χ3v) is 3.38. The number of aromatic nitrogens is 2. The van der Waals surface area contributed by atoms with Gasteiger partial charge in [-0.3, -0.25) is 4.98 Å². The minimum absolute atomic E-state index is 0.732. The second-order valence-electron chi connectivity index (χ2n) is 4.02. The van der Waals surface area contributed by atoms with Crippen molar-refractivity contribution in [3.05, 3.63) is 54.2 Å². The lowest BCUT2D eigenvalue weighted by Gasteiger charge is -2.02. The normalized spacial score (nSPS) is 10.3. The number of nitrogens with two attached hydrogens (primary N) is 1. The Bertz CT molecular complexity index is 679. The van der Waals surface area contributed by atoms with Gasteiger partial charge in [0.15, 0.2) is 5.13 Å². The lowest BCUT2D eigenvalue weighted by Crippen LogP contribution is -1.91. The molecule has 2 aromatic heterocycles. The molecule has 0 aliphatic rings. The van der Waals surface area contributed by atoms with Gasteiger partial charge < -0.3 is 11.1 Å². The summed E-state index contributed by atoms with van der Waals surface area (Å²) >= 11 is 1.56. The van der Waals surface area contributed by atoms with Crippen LogP contribution in [0.5, 0.6) is 0 Å². The van der Waals surface area contributed by atoms with Crippen molar-refractivity contribution in [1.82, 2.24) is 9.97 Å². The molecule has 0 amide bonds. The number of thiazole rings is 1. The first kappa shape index (κ1) is 11.7. The molecule has 0 radical (unpaired) electrons. The number of hydrogen-bond donors (Lipinski definition) is 2. The van der Waals surface area contributed by atoms with E-state index in [1.807, 2.05) is 41.8 Å². The minimum Gasteiger partial charge on any atom is -0.399 e. The fourth-order valence-corrected chi connectivity index (χ4v) is 2.47. The zero-order valence-corrected chi connectivity index (χ0v) is 10.9. The Kier molecular flexibility index (Phi) is 3.12. The zero-order valence-electron chi connectivity index (χ0n) is 10.1. The molecular formula is C14H12N4S. The maximum atomic E-state index is 5.74. The Labute approximate surface area is 115 Å². The van der Waals surface area contributed by atoms with Gasteiger partial charge in [0.05, 0.1) is 5.69 Å². The molecular weight excluding hydrogens is 256 g/mol. The van der Waals surface area contributed by atoms with Crippen LogP contribution in [0, 0.1) is 0 Å². The number of nitrogens with one attached hydrogen (secondary N) is 1. The molecule has 0 atom stereocenters. The summed E-state index contributed by atoms with van der Waals surface area (Å²) in [6, 6.07) is 11.5. The van der Waals surface area contributed by atoms with Crippen molar-refractivity contribution < 1.29 is 0 Å². The van der Waals surface area contributed by atoms with Gasteiger partial charge in [0.25, 0.3) is 0 Å². The standard InChI is InChI=1S/C14H12N4S/c15-11-2-1-3-12(8-11)17-14-18-13(9-19-14)10-4-6-16-7-5-10/h1-9H,15H2,(H,17,18). The van der Waals surface area contributed by atoms with Crippen molar-refractivity contribution in [2.24, 2.45) is 0 Å². The molecule has 0 spiro atoms. The molecule has 94 valence electrons. The number of benzene rings is 1. The van der Waals surface area contributed by atoms with E-state index in [1.54, 1.807) is 23.7 Å². The molecule has 1 aromatic carbocycles. The van der Waals surface area contributed by atoms with E-state index >= 15 is 0 Å². The summed E-state index contributed by atoms with van der Waals surface area (Å²) < 4.78 is 0. The van der Waals surface area contributed by atoms with Gasteiger partial charge in [0.1, 0.15) is 0 Å². The summed E-state index contributed by atoms with van der Waals surface area (Å²) in [7, 11) is 0. The van der Waals surface area contributed by atoms with Gasteiger partial charge in [-0.1, -0.05) is 6.07 Å². The number of pyridine rings is 1. The Hall–Kier alpha value is -2.40. The molecule has 0 bridgehead atoms.